The van der Waals surface area contributed by atoms with Crippen molar-refractivity contribution in [1.29, 1.82) is 0 Å². The lowest BCUT2D eigenvalue weighted by atomic mass is 9.76. The number of halogens is 1. The largest absolute Gasteiger partial charge is 0.370 e. The zero-order valence-electron chi connectivity index (χ0n) is 10.5. The van der Waals surface area contributed by atoms with Crippen LogP contribution in [0, 0.1) is 18.3 Å². The first-order valence-corrected chi connectivity index (χ1v) is 6.69. The molecule has 0 atom stereocenters. The van der Waals surface area contributed by atoms with Crippen molar-refractivity contribution in [3.05, 3.63) is 28.2 Å². The maximum atomic E-state index is 3.68. The van der Waals surface area contributed by atoms with E-state index in [1.807, 2.05) is 0 Å². The van der Waals surface area contributed by atoms with Gasteiger partial charge >= 0.3 is 0 Å². The molecule has 1 fully saturated rings. The molecule has 0 N–H and O–H groups in total. The summed E-state index contributed by atoms with van der Waals surface area (Å²) in [5.74, 6) is 0.819. The molecule has 2 rings (SSSR count). The Hall–Kier alpha value is -0.500. The number of anilines is 1. The highest BCUT2D eigenvalue weighted by molar-refractivity contribution is 9.10. The number of benzene rings is 1. The van der Waals surface area contributed by atoms with Crippen molar-refractivity contribution in [3.8, 4) is 0 Å². The first-order valence-electron chi connectivity index (χ1n) is 5.89. The smallest absolute Gasteiger partial charge is 0.0513 e. The van der Waals surface area contributed by atoms with E-state index in [-0.39, 0.29) is 0 Å². The van der Waals surface area contributed by atoms with Crippen LogP contribution in [0.3, 0.4) is 0 Å². The molecule has 0 unspecified atom stereocenters. The lowest BCUT2D eigenvalue weighted by molar-refractivity contribution is 0.195. The van der Waals surface area contributed by atoms with Crippen molar-refractivity contribution in [1.82, 2.24) is 0 Å². The van der Waals surface area contributed by atoms with Crippen LogP contribution in [-0.2, 0) is 0 Å². The van der Waals surface area contributed by atoms with E-state index in [0.717, 1.165) is 5.92 Å². The minimum absolute atomic E-state index is 0.437. The highest BCUT2D eigenvalue weighted by atomic mass is 79.9. The molecule has 0 spiro atoms. The van der Waals surface area contributed by atoms with E-state index in [0.29, 0.717) is 5.41 Å². The van der Waals surface area contributed by atoms with E-state index >= 15 is 0 Å². The van der Waals surface area contributed by atoms with Gasteiger partial charge < -0.3 is 4.90 Å². The van der Waals surface area contributed by atoms with Crippen molar-refractivity contribution < 1.29 is 0 Å². The van der Waals surface area contributed by atoms with Gasteiger partial charge in [-0.1, -0.05) is 32.9 Å². The van der Waals surface area contributed by atoms with E-state index in [9.17, 15) is 0 Å². The van der Waals surface area contributed by atoms with Gasteiger partial charge in [0.05, 0.1) is 5.69 Å². The van der Waals surface area contributed by atoms with Crippen LogP contribution in [-0.4, -0.2) is 13.1 Å². The van der Waals surface area contributed by atoms with Gasteiger partial charge in [-0.2, -0.15) is 0 Å². The number of aryl methyl sites for hydroxylation is 1. The second-order valence-electron chi connectivity index (χ2n) is 5.88. The lowest BCUT2D eigenvalue weighted by Crippen LogP contribution is -2.52. The molecule has 16 heavy (non-hydrogen) atoms. The number of hydrogen-bond acceptors (Lipinski definition) is 1. The minimum atomic E-state index is 0.437. The van der Waals surface area contributed by atoms with Gasteiger partial charge in [0.1, 0.15) is 0 Å². The quantitative estimate of drug-likeness (QED) is 0.744. The van der Waals surface area contributed by atoms with Crippen LogP contribution < -0.4 is 4.90 Å². The summed E-state index contributed by atoms with van der Waals surface area (Å²) in [6, 6.07) is 6.49. The Labute approximate surface area is 107 Å². The Morgan fingerprint density at radius 3 is 2.44 bits per heavy atom. The molecular formula is C14H20BrN. The van der Waals surface area contributed by atoms with Crippen molar-refractivity contribution in [3.63, 3.8) is 0 Å². The third-order valence-corrected chi connectivity index (χ3v) is 4.65. The molecule has 1 aliphatic rings. The summed E-state index contributed by atoms with van der Waals surface area (Å²) in [5.41, 5.74) is 3.10. The van der Waals surface area contributed by atoms with Crippen LogP contribution >= 0.6 is 15.9 Å². The summed E-state index contributed by atoms with van der Waals surface area (Å²) < 4.78 is 1.25. The average Bonchev–Trinajstić information content (AvgIpc) is 2.07. The van der Waals surface area contributed by atoms with Crippen LogP contribution in [0.25, 0.3) is 0 Å². The maximum Gasteiger partial charge on any atom is 0.0513 e. The summed E-state index contributed by atoms with van der Waals surface area (Å²) in [7, 11) is 0. The second-order valence-corrected chi connectivity index (χ2v) is 6.67. The van der Waals surface area contributed by atoms with Crippen LogP contribution in [0.15, 0.2) is 22.7 Å². The Balaban J connectivity index is 2.10. The normalized spacial score (nSPS) is 17.4. The van der Waals surface area contributed by atoms with E-state index in [4.69, 9.17) is 0 Å². The molecule has 1 aliphatic heterocycles. The van der Waals surface area contributed by atoms with Gasteiger partial charge in [0, 0.05) is 17.6 Å². The predicted octanol–water partition coefficient (Wildman–Crippen LogP) is 4.24. The first-order chi connectivity index (χ1) is 7.39. The van der Waals surface area contributed by atoms with E-state index in [2.05, 4.69) is 66.7 Å². The number of nitrogens with zero attached hydrogens (tertiary/aromatic N) is 1. The molecule has 2 heteroatoms. The number of hydrogen-bond donors (Lipinski definition) is 0. The van der Waals surface area contributed by atoms with Crippen molar-refractivity contribution >= 4 is 21.6 Å². The zero-order valence-corrected chi connectivity index (χ0v) is 12.1. The van der Waals surface area contributed by atoms with Crippen molar-refractivity contribution in [2.45, 2.75) is 27.7 Å². The summed E-state index contributed by atoms with van der Waals surface area (Å²) in [5, 5.41) is 0. The second kappa shape index (κ2) is 4.06. The van der Waals surface area contributed by atoms with Gasteiger partial charge in [-0.25, -0.2) is 0 Å². The van der Waals surface area contributed by atoms with Gasteiger partial charge in [-0.3, -0.25) is 0 Å². The topological polar surface area (TPSA) is 3.24 Å². The fourth-order valence-electron chi connectivity index (χ4n) is 2.10. The average molecular weight is 282 g/mol. The van der Waals surface area contributed by atoms with Crippen LogP contribution in [0.2, 0.25) is 0 Å². The summed E-state index contributed by atoms with van der Waals surface area (Å²) in [6.07, 6.45) is 0. The summed E-state index contributed by atoms with van der Waals surface area (Å²) in [4.78, 5) is 2.47. The van der Waals surface area contributed by atoms with Crippen molar-refractivity contribution in [2.75, 3.05) is 18.0 Å². The van der Waals surface area contributed by atoms with E-state index < -0.39 is 0 Å². The fraction of sp³-hybridized carbons (Fsp3) is 0.571. The third-order valence-electron chi connectivity index (χ3n) is 3.62. The molecule has 0 bridgehead atoms. The molecule has 1 saturated heterocycles. The molecule has 1 heterocycles. The molecule has 1 aromatic carbocycles. The minimum Gasteiger partial charge on any atom is -0.370 e. The Bertz CT molecular complexity index is 386. The Morgan fingerprint density at radius 1 is 1.25 bits per heavy atom. The van der Waals surface area contributed by atoms with E-state index in [1.165, 1.54) is 28.8 Å². The first kappa shape index (κ1) is 12.0. The molecule has 0 radical (unpaired) electrons. The molecule has 0 aromatic heterocycles. The molecule has 0 saturated carbocycles. The van der Waals surface area contributed by atoms with E-state index in [1.54, 1.807) is 0 Å². The Morgan fingerprint density at radius 2 is 1.88 bits per heavy atom. The monoisotopic (exact) mass is 281 g/mol. The van der Waals surface area contributed by atoms with Gasteiger partial charge in [-0.15, -0.1) is 0 Å². The summed E-state index contributed by atoms with van der Waals surface area (Å²) >= 11 is 3.68. The molecule has 1 nitrogen and oxygen atoms in total. The maximum absolute atomic E-state index is 3.68. The molecule has 0 amide bonds. The fourth-order valence-corrected chi connectivity index (χ4v) is 2.61. The molecule has 1 aromatic rings. The molecule has 0 aliphatic carbocycles. The molecular weight excluding hydrogens is 262 g/mol. The number of rotatable bonds is 1. The Kier molecular flexibility index (Phi) is 3.04. The summed E-state index contributed by atoms with van der Waals surface area (Å²) in [6.45, 7) is 11.5. The highest BCUT2D eigenvalue weighted by Gasteiger charge is 2.36. The SMILES string of the molecule is Cc1cccc(N2CC(C(C)(C)C)C2)c1Br. The lowest BCUT2D eigenvalue weighted by Gasteiger charge is -2.48. The van der Waals surface area contributed by atoms with Crippen LogP contribution in [0.4, 0.5) is 5.69 Å². The highest BCUT2D eigenvalue weighted by Crippen LogP contribution is 2.39. The predicted molar refractivity (Wildman–Crippen MR) is 74.0 cm³/mol. The van der Waals surface area contributed by atoms with Crippen molar-refractivity contribution in [2.24, 2.45) is 11.3 Å². The van der Waals surface area contributed by atoms with Crippen LogP contribution in [0.5, 0.6) is 0 Å². The van der Waals surface area contributed by atoms with Gasteiger partial charge in [0.25, 0.3) is 0 Å². The zero-order chi connectivity index (χ0) is 11.9. The van der Waals surface area contributed by atoms with Gasteiger partial charge in [0.2, 0.25) is 0 Å². The standard InChI is InChI=1S/C14H20BrN/c1-10-6-5-7-12(13(10)15)16-8-11(9-16)14(2,3)4/h5-7,11H,8-9H2,1-4H3. The molecule has 88 valence electrons. The van der Waals surface area contributed by atoms with Gasteiger partial charge in [-0.05, 0) is 45.8 Å². The van der Waals surface area contributed by atoms with Gasteiger partial charge in [0.15, 0.2) is 0 Å². The third kappa shape index (κ3) is 2.13. The van der Waals surface area contributed by atoms with Crippen LogP contribution in [0.1, 0.15) is 26.3 Å².